The summed E-state index contributed by atoms with van der Waals surface area (Å²) in [6.07, 6.45) is 7.65. The number of aliphatic hydroxyl groups excluding tert-OH is 1. The van der Waals surface area contributed by atoms with Crippen molar-refractivity contribution in [2.24, 2.45) is 17.8 Å². The van der Waals surface area contributed by atoms with Crippen LogP contribution in [0.25, 0.3) is 0 Å². The van der Waals surface area contributed by atoms with Gasteiger partial charge < -0.3 is 19.3 Å². The van der Waals surface area contributed by atoms with Crippen LogP contribution >= 0.6 is 11.6 Å². The Morgan fingerprint density at radius 1 is 1.32 bits per heavy atom. The molecular weight excluding hydrogens is 544 g/mol. The van der Waals surface area contributed by atoms with Crippen molar-refractivity contribution >= 4 is 34.6 Å². The van der Waals surface area contributed by atoms with Gasteiger partial charge in [0.15, 0.2) is 0 Å². The third-order valence-electron chi connectivity index (χ3n) is 8.93. The average molecular weight is 583 g/mol. The van der Waals surface area contributed by atoms with Crippen LogP contribution in [0, 0.1) is 17.8 Å². The molecule has 8 heteroatoms. The number of benzene rings is 2. The highest BCUT2D eigenvalue weighted by Crippen LogP contribution is 2.47. The molecule has 40 heavy (non-hydrogen) atoms. The summed E-state index contributed by atoms with van der Waals surface area (Å²) in [5.74, 6) is 1.26. The standard InChI is InChI=1S/C32H39ClN2O4S/c1-4-6-29(36)26-10-7-24(26)17-35-19-32(14-13-22-15-25(33)9-11-27(22)32)20-39-30-12-8-23(16-28(30)35)31(37)34-40(38)18-21(3)5-2/h4-5,8-9,11-12,15-16,21,24,26,29,36H,1-2,6-7,10,13-14,17-20H2,3H3,(H,34,37)/t21-,24?,26?,29?,32?,40?/m1/s1. The lowest BCUT2D eigenvalue weighted by Gasteiger charge is -2.44. The second-order valence-corrected chi connectivity index (χ2v) is 13.3. The number of fused-ring (bicyclic) bond motifs is 3. The quantitative estimate of drug-likeness (QED) is 0.281. The van der Waals surface area contributed by atoms with E-state index in [9.17, 15) is 14.5 Å². The van der Waals surface area contributed by atoms with E-state index in [1.807, 2.05) is 25.1 Å². The second-order valence-electron chi connectivity index (χ2n) is 11.7. The number of hydrogen-bond donors (Lipinski definition) is 2. The van der Waals surface area contributed by atoms with Crippen LogP contribution in [0.5, 0.6) is 5.75 Å². The number of hydrogen-bond acceptors (Lipinski definition) is 5. The summed E-state index contributed by atoms with van der Waals surface area (Å²) in [6, 6.07) is 11.6. The largest absolute Gasteiger partial charge is 0.593 e. The summed E-state index contributed by atoms with van der Waals surface area (Å²) in [7, 11) is 0. The number of nitrogens with one attached hydrogen (secondary N) is 1. The maximum atomic E-state index is 13.1. The number of ether oxygens (including phenoxy) is 1. The Labute approximate surface area is 245 Å². The summed E-state index contributed by atoms with van der Waals surface area (Å²) >= 11 is 4.83. The molecule has 6 atom stereocenters. The summed E-state index contributed by atoms with van der Waals surface area (Å²) in [5.41, 5.74) is 3.64. The maximum Gasteiger partial charge on any atom is 0.292 e. The normalized spacial score (nSPS) is 25.4. The summed E-state index contributed by atoms with van der Waals surface area (Å²) in [6.45, 7) is 11.5. The highest BCUT2D eigenvalue weighted by atomic mass is 35.5. The Kier molecular flexibility index (Phi) is 8.86. The lowest BCUT2D eigenvalue weighted by molar-refractivity contribution is 0.0178. The monoisotopic (exact) mass is 582 g/mol. The SMILES string of the molecule is C=CCC(O)C1CCC1CN1CC2(CCc3cc(Cl)ccc32)COc2ccc(C(=O)N[S+]([O-])C[C@H](C)C=C)cc21. The Morgan fingerprint density at radius 3 is 2.88 bits per heavy atom. The van der Waals surface area contributed by atoms with Gasteiger partial charge in [0.2, 0.25) is 0 Å². The molecule has 0 aromatic heterocycles. The van der Waals surface area contributed by atoms with Crippen molar-refractivity contribution in [3.63, 3.8) is 0 Å². The summed E-state index contributed by atoms with van der Waals surface area (Å²) in [5, 5.41) is 11.5. The molecule has 1 spiro atoms. The molecule has 2 N–H and O–H groups in total. The van der Waals surface area contributed by atoms with E-state index in [1.54, 1.807) is 18.2 Å². The first kappa shape index (κ1) is 29.1. The molecule has 2 aliphatic carbocycles. The Bertz CT molecular complexity index is 1270. The number of allylic oxidation sites excluding steroid dienone is 1. The van der Waals surface area contributed by atoms with E-state index in [0.29, 0.717) is 30.3 Å². The van der Waals surface area contributed by atoms with Gasteiger partial charge in [0.1, 0.15) is 11.5 Å². The molecule has 1 amide bonds. The molecule has 2 aromatic rings. The molecule has 0 saturated heterocycles. The molecule has 2 aromatic carbocycles. The molecule has 3 aliphatic rings. The van der Waals surface area contributed by atoms with Crippen molar-refractivity contribution in [3.05, 3.63) is 83.4 Å². The number of nitrogens with zero attached hydrogens (tertiary/aromatic N) is 1. The molecule has 5 unspecified atom stereocenters. The van der Waals surface area contributed by atoms with Crippen LogP contribution in [0.15, 0.2) is 61.7 Å². The zero-order valence-corrected chi connectivity index (χ0v) is 24.7. The lowest BCUT2D eigenvalue weighted by atomic mass is 9.69. The van der Waals surface area contributed by atoms with Crippen LogP contribution in [0.1, 0.15) is 54.1 Å². The molecule has 6 nitrogen and oxygen atoms in total. The topological polar surface area (TPSA) is 84.9 Å². The molecular formula is C32H39ClN2O4S. The Balaban J connectivity index is 1.45. The van der Waals surface area contributed by atoms with Crippen LogP contribution < -0.4 is 14.4 Å². The van der Waals surface area contributed by atoms with Crippen molar-refractivity contribution in [1.82, 2.24) is 4.72 Å². The van der Waals surface area contributed by atoms with Gasteiger partial charge in [-0.2, -0.15) is 4.72 Å². The zero-order chi connectivity index (χ0) is 28.4. The molecule has 5 rings (SSSR count). The van der Waals surface area contributed by atoms with E-state index in [1.165, 1.54) is 11.1 Å². The smallest absolute Gasteiger partial charge is 0.292 e. The maximum absolute atomic E-state index is 13.1. The van der Waals surface area contributed by atoms with Crippen molar-refractivity contribution < 1.29 is 19.2 Å². The number of halogens is 1. The molecule has 0 bridgehead atoms. The first-order chi connectivity index (χ1) is 19.2. The van der Waals surface area contributed by atoms with Crippen molar-refractivity contribution in [2.45, 2.75) is 50.5 Å². The van der Waals surface area contributed by atoms with E-state index >= 15 is 0 Å². The van der Waals surface area contributed by atoms with Gasteiger partial charge in [-0.1, -0.05) is 36.7 Å². The first-order valence-electron chi connectivity index (χ1n) is 14.1. The third-order valence-corrected chi connectivity index (χ3v) is 10.4. The highest BCUT2D eigenvalue weighted by molar-refractivity contribution is 7.90. The highest BCUT2D eigenvalue weighted by Gasteiger charge is 2.45. The summed E-state index contributed by atoms with van der Waals surface area (Å²) in [4.78, 5) is 15.5. The Morgan fingerprint density at radius 2 is 2.15 bits per heavy atom. The lowest BCUT2D eigenvalue weighted by Crippen LogP contribution is -2.47. The zero-order valence-electron chi connectivity index (χ0n) is 23.1. The minimum Gasteiger partial charge on any atom is -0.593 e. The van der Waals surface area contributed by atoms with Crippen molar-refractivity contribution in [3.8, 4) is 5.75 Å². The van der Waals surface area contributed by atoms with Gasteiger partial charge in [0.05, 0.1) is 29.8 Å². The third kappa shape index (κ3) is 5.94. The van der Waals surface area contributed by atoms with Crippen LogP contribution in [-0.2, 0) is 23.2 Å². The van der Waals surface area contributed by atoms with Gasteiger partial charge in [-0.15, -0.1) is 13.2 Å². The van der Waals surface area contributed by atoms with Gasteiger partial charge in [0, 0.05) is 35.0 Å². The van der Waals surface area contributed by atoms with Gasteiger partial charge in [-0.25, -0.2) is 0 Å². The van der Waals surface area contributed by atoms with Gasteiger partial charge in [-0.3, -0.25) is 4.79 Å². The Hall–Kier alpha value is -2.45. The number of carbonyl (C=O) groups excluding carboxylic acids is 1. The van der Waals surface area contributed by atoms with Crippen molar-refractivity contribution in [1.29, 1.82) is 0 Å². The predicted octanol–water partition coefficient (Wildman–Crippen LogP) is 5.60. The number of anilines is 1. The number of aryl methyl sites for hydroxylation is 1. The van der Waals surface area contributed by atoms with Crippen LogP contribution in [-0.4, -0.2) is 47.1 Å². The van der Waals surface area contributed by atoms with Gasteiger partial charge in [-0.05, 0) is 85.4 Å². The number of amides is 1. The minimum atomic E-state index is -1.50. The van der Waals surface area contributed by atoms with E-state index in [-0.39, 0.29) is 23.2 Å². The number of rotatable bonds is 10. The summed E-state index contributed by atoms with van der Waals surface area (Å²) < 4.78 is 21.6. The number of carbonyl (C=O) groups is 1. The van der Waals surface area contributed by atoms with Crippen LogP contribution in [0.4, 0.5) is 5.69 Å². The molecule has 1 fully saturated rings. The molecule has 214 valence electrons. The van der Waals surface area contributed by atoms with E-state index in [0.717, 1.165) is 55.2 Å². The molecule has 1 saturated carbocycles. The second kappa shape index (κ2) is 12.2. The molecule has 1 heterocycles. The molecule has 1 aliphatic heterocycles. The number of aliphatic hydroxyl groups is 1. The minimum absolute atomic E-state index is 0.0318. The van der Waals surface area contributed by atoms with Gasteiger partial charge >= 0.3 is 0 Å². The van der Waals surface area contributed by atoms with E-state index < -0.39 is 17.5 Å². The van der Waals surface area contributed by atoms with Crippen molar-refractivity contribution in [2.75, 3.05) is 30.3 Å². The predicted molar refractivity (Wildman–Crippen MR) is 162 cm³/mol. The fourth-order valence-corrected chi connectivity index (χ4v) is 7.70. The van der Waals surface area contributed by atoms with Crippen LogP contribution in [0.3, 0.4) is 0 Å². The molecule has 0 radical (unpaired) electrons. The van der Waals surface area contributed by atoms with Gasteiger partial charge in [0.25, 0.3) is 5.91 Å². The fraction of sp³-hybridized carbons (Fsp3) is 0.469. The van der Waals surface area contributed by atoms with Crippen LogP contribution in [0.2, 0.25) is 5.02 Å². The van der Waals surface area contributed by atoms with E-state index in [2.05, 4.69) is 34.9 Å². The average Bonchev–Trinajstić information content (AvgIpc) is 3.17. The fourth-order valence-electron chi connectivity index (χ4n) is 6.48. The first-order valence-corrected chi connectivity index (χ1v) is 15.8. The van der Waals surface area contributed by atoms with E-state index in [4.69, 9.17) is 16.3 Å².